The van der Waals surface area contributed by atoms with E-state index in [2.05, 4.69) is 15.6 Å². The minimum atomic E-state index is -0.299. The summed E-state index contributed by atoms with van der Waals surface area (Å²) in [5, 5.41) is 6.38. The first-order valence-electron chi connectivity index (χ1n) is 10.2. The lowest BCUT2D eigenvalue weighted by Gasteiger charge is -2.23. The van der Waals surface area contributed by atoms with Crippen LogP contribution in [-0.4, -0.2) is 49.6 Å². The summed E-state index contributed by atoms with van der Waals surface area (Å²) in [6.45, 7) is 9.35. The van der Waals surface area contributed by atoms with Gasteiger partial charge < -0.3 is 24.7 Å². The number of carbonyl (C=O) groups excluding carboxylic acids is 1. The first-order chi connectivity index (χ1) is 14.1. The van der Waals surface area contributed by atoms with E-state index in [0.717, 1.165) is 29.1 Å². The Kier molecular flexibility index (Phi) is 8.33. The van der Waals surface area contributed by atoms with Crippen LogP contribution in [0.25, 0.3) is 0 Å². The van der Waals surface area contributed by atoms with E-state index in [-0.39, 0.29) is 18.1 Å². The molecule has 1 aromatic heterocycles. The summed E-state index contributed by atoms with van der Waals surface area (Å²) in [7, 11) is 3.46. The highest BCUT2D eigenvalue weighted by Gasteiger charge is 2.15. The second-order valence-corrected chi connectivity index (χ2v) is 8.39. The summed E-state index contributed by atoms with van der Waals surface area (Å²) in [5.74, 6) is 2.26. The molecule has 1 heterocycles. The minimum Gasteiger partial charge on any atom is -0.488 e. The normalized spacial score (nSPS) is 11.9. The fraction of sp³-hybridized carbons (Fsp3) is 0.478. The van der Waals surface area contributed by atoms with E-state index in [9.17, 15) is 4.79 Å². The molecule has 0 aliphatic heterocycles. The molecule has 30 heavy (non-hydrogen) atoms. The maximum atomic E-state index is 12.0. The Morgan fingerprint density at radius 3 is 2.60 bits per heavy atom. The van der Waals surface area contributed by atoms with Crippen LogP contribution in [0.15, 0.2) is 46.0 Å². The number of nitrogens with one attached hydrogen (secondary N) is 2. The van der Waals surface area contributed by atoms with E-state index in [4.69, 9.17) is 9.15 Å². The summed E-state index contributed by atoms with van der Waals surface area (Å²) >= 11 is 0. The van der Waals surface area contributed by atoms with E-state index in [1.54, 1.807) is 25.3 Å². The van der Waals surface area contributed by atoms with Gasteiger partial charge in [-0.05, 0) is 51.5 Å². The number of likely N-dealkylation sites (N-methyl/N-ethyl adjacent to an activating group) is 1. The molecule has 0 unspecified atom stereocenters. The number of guanidine groups is 1. The lowest BCUT2D eigenvalue weighted by Crippen LogP contribution is -2.43. The van der Waals surface area contributed by atoms with Crippen LogP contribution in [0.1, 0.15) is 37.7 Å². The first-order valence-corrected chi connectivity index (χ1v) is 10.2. The molecule has 0 aliphatic rings. The highest BCUT2D eigenvalue weighted by atomic mass is 16.5. The zero-order chi connectivity index (χ0) is 22.1. The van der Waals surface area contributed by atoms with Crippen molar-refractivity contribution in [2.75, 3.05) is 27.2 Å². The van der Waals surface area contributed by atoms with Crippen LogP contribution in [0.2, 0.25) is 0 Å². The molecule has 2 aromatic rings. The molecular formula is C23H34N4O3. The van der Waals surface area contributed by atoms with Crippen molar-refractivity contribution in [3.05, 3.63) is 53.5 Å². The summed E-state index contributed by atoms with van der Waals surface area (Å²) in [5.41, 5.74) is 1.82. The van der Waals surface area contributed by atoms with E-state index in [1.807, 2.05) is 58.0 Å². The number of ether oxygens (including phenoxy) is 1. The maximum Gasteiger partial charge on any atom is 0.241 e. The van der Waals surface area contributed by atoms with E-state index in [1.165, 1.54) is 0 Å². The van der Waals surface area contributed by atoms with Crippen molar-refractivity contribution in [3.63, 3.8) is 0 Å². The standard InChI is InChI=1S/C23H34N4O3/c1-17-9-10-18(20(14-17)30-23(2,3)4)15-25-22(26-16-21(28)27(5)6)24-12-11-19-8-7-13-29-19/h7-10,13-14H,11-12,15-16H2,1-6H3,(H2,24,25,26). The molecule has 7 heteroatoms. The topological polar surface area (TPSA) is 79.1 Å². The highest BCUT2D eigenvalue weighted by molar-refractivity contribution is 5.86. The smallest absolute Gasteiger partial charge is 0.241 e. The number of benzene rings is 1. The first kappa shape index (κ1) is 23.3. The average Bonchev–Trinajstić information content (AvgIpc) is 3.16. The molecule has 1 aromatic carbocycles. The number of nitrogens with zero attached hydrogens (tertiary/aromatic N) is 2. The molecule has 0 bridgehead atoms. The summed E-state index contributed by atoms with van der Waals surface area (Å²) < 4.78 is 11.5. The zero-order valence-electron chi connectivity index (χ0n) is 18.9. The molecule has 0 saturated heterocycles. The van der Waals surface area contributed by atoms with Crippen molar-refractivity contribution >= 4 is 11.9 Å². The van der Waals surface area contributed by atoms with Crippen LogP contribution in [0.5, 0.6) is 5.75 Å². The van der Waals surface area contributed by atoms with Crippen LogP contribution in [-0.2, 0) is 17.8 Å². The summed E-state index contributed by atoms with van der Waals surface area (Å²) in [6.07, 6.45) is 2.38. The Bertz CT molecular complexity index is 837. The predicted octanol–water partition coefficient (Wildman–Crippen LogP) is 3.13. The molecule has 2 N–H and O–H groups in total. The quantitative estimate of drug-likeness (QED) is 0.513. The molecule has 0 atom stereocenters. The van der Waals surface area contributed by atoms with Gasteiger partial charge in [-0.25, -0.2) is 4.99 Å². The average molecular weight is 415 g/mol. The molecule has 0 fully saturated rings. The predicted molar refractivity (Wildman–Crippen MR) is 120 cm³/mol. The number of hydrogen-bond donors (Lipinski definition) is 2. The Morgan fingerprint density at radius 2 is 1.97 bits per heavy atom. The van der Waals surface area contributed by atoms with E-state index in [0.29, 0.717) is 19.0 Å². The lowest BCUT2D eigenvalue weighted by molar-refractivity contribution is -0.127. The Labute approximate surface area is 179 Å². The third-order valence-corrected chi connectivity index (χ3v) is 4.20. The van der Waals surface area contributed by atoms with E-state index >= 15 is 0 Å². The van der Waals surface area contributed by atoms with Gasteiger partial charge >= 0.3 is 0 Å². The van der Waals surface area contributed by atoms with Gasteiger partial charge in [-0.3, -0.25) is 4.79 Å². The monoisotopic (exact) mass is 414 g/mol. The van der Waals surface area contributed by atoms with Crippen molar-refractivity contribution in [2.45, 2.75) is 46.3 Å². The fourth-order valence-electron chi connectivity index (χ4n) is 2.63. The SMILES string of the molecule is Cc1ccc(CN=C(NCCc2ccco2)NCC(=O)N(C)C)c(OC(C)(C)C)c1. The van der Waals surface area contributed by atoms with Crippen molar-refractivity contribution in [3.8, 4) is 5.75 Å². The van der Waals surface area contributed by atoms with Crippen molar-refractivity contribution in [1.29, 1.82) is 0 Å². The lowest BCUT2D eigenvalue weighted by atomic mass is 10.1. The number of furan rings is 1. The maximum absolute atomic E-state index is 12.0. The van der Waals surface area contributed by atoms with Crippen LogP contribution >= 0.6 is 0 Å². The van der Waals surface area contributed by atoms with Gasteiger partial charge in [-0.15, -0.1) is 0 Å². The molecule has 1 amide bonds. The Hall–Kier alpha value is -2.96. The largest absolute Gasteiger partial charge is 0.488 e. The van der Waals surface area contributed by atoms with Crippen LogP contribution < -0.4 is 15.4 Å². The van der Waals surface area contributed by atoms with Gasteiger partial charge in [0.05, 0.1) is 19.4 Å². The number of amides is 1. The number of carbonyl (C=O) groups is 1. The van der Waals surface area contributed by atoms with Gasteiger partial charge in [-0.2, -0.15) is 0 Å². The molecular weight excluding hydrogens is 380 g/mol. The van der Waals surface area contributed by atoms with Gasteiger partial charge in [0.2, 0.25) is 5.91 Å². The third kappa shape index (κ3) is 8.19. The number of aliphatic imine (C=N–C) groups is 1. The van der Waals surface area contributed by atoms with Crippen LogP contribution in [0.3, 0.4) is 0 Å². The van der Waals surface area contributed by atoms with Gasteiger partial charge in [0.25, 0.3) is 0 Å². The van der Waals surface area contributed by atoms with Crippen LogP contribution in [0, 0.1) is 6.92 Å². The molecule has 164 valence electrons. The number of rotatable bonds is 8. The molecule has 0 aliphatic carbocycles. The number of hydrogen-bond acceptors (Lipinski definition) is 4. The summed E-state index contributed by atoms with van der Waals surface area (Å²) in [4.78, 5) is 18.2. The highest BCUT2D eigenvalue weighted by Crippen LogP contribution is 2.25. The zero-order valence-corrected chi connectivity index (χ0v) is 18.9. The van der Waals surface area contributed by atoms with Crippen molar-refractivity contribution in [1.82, 2.24) is 15.5 Å². The third-order valence-electron chi connectivity index (χ3n) is 4.20. The molecule has 7 nitrogen and oxygen atoms in total. The second kappa shape index (κ2) is 10.7. The molecule has 0 radical (unpaired) electrons. The van der Waals surface area contributed by atoms with Crippen LogP contribution in [0.4, 0.5) is 0 Å². The van der Waals surface area contributed by atoms with Crippen molar-refractivity contribution < 1.29 is 13.9 Å². The molecule has 0 spiro atoms. The fourth-order valence-corrected chi connectivity index (χ4v) is 2.63. The van der Waals surface area contributed by atoms with E-state index < -0.39 is 0 Å². The second-order valence-electron chi connectivity index (χ2n) is 8.39. The molecule has 0 saturated carbocycles. The van der Waals surface area contributed by atoms with Gasteiger partial charge in [-0.1, -0.05) is 12.1 Å². The van der Waals surface area contributed by atoms with Crippen molar-refractivity contribution in [2.24, 2.45) is 4.99 Å². The molecule has 2 rings (SSSR count). The number of aryl methyl sites for hydroxylation is 1. The Morgan fingerprint density at radius 1 is 1.20 bits per heavy atom. The summed E-state index contributed by atoms with van der Waals surface area (Å²) in [6, 6.07) is 9.91. The van der Waals surface area contributed by atoms with Gasteiger partial charge in [0.1, 0.15) is 17.1 Å². The van der Waals surface area contributed by atoms with Gasteiger partial charge in [0, 0.05) is 32.6 Å². The minimum absolute atomic E-state index is 0.0253. The Balaban J connectivity index is 2.10. The van der Waals surface area contributed by atoms with Gasteiger partial charge in [0.15, 0.2) is 5.96 Å².